The molecule has 0 N–H and O–H groups in total. The fourth-order valence-electron chi connectivity index (χ4n) is 6.91. The van der Waals surface area contributed by atoms with Crippen molar-refractivity contribution >= 4 is 26.9 Å². The van der Waals surface area contributed by atoms with Crippen molar-refractivity contribution in [2.45, 2.75) is 63.2 Å². The van der Waals surface area contributed by atoms with Crippen LogP contribution in [-0.2, 0) is 21.3 Å². The van der Waals surface area contributed by atoms with E-state index in [2.05, 4.69) is 16.7 Å². The Bertz CT molecular complexity index is 1760. The van der Waals surface area contributed by atoms with Gasteiger partial charge in [0.05, 0.1) is 30.2 Å². The molecule has 2 fully saturated rings. The van der Waals surface area contributed by atoms with Crippen molar-refractivity contribution in [1.29, 1.82) is 0 Å². The van der Waals surface area contributed by atoms with Crippen molar-refractivity contribution < 1.29 is 22.7 Å². The lowest BCUT2D eigenvalue weighted by Crippen LogP contribution is -2.53. The first-order valence-electron chi connectivity index (χ1n) is 14.8. The summed E-state index contributed by atoms with van der Waals surface area (Å²) in [5.74, 6) is 0.398. The van der Waals surface area contributed by atoms with Crippen LogP contribution in [0.2, 0.25) is 0 Å². The number of aryl methyl sites for hydroxylation is 2. The molecule has 0 spiro atoms. The van der Waals surface area contributed by atoms with Crippen molar-refractivity contribution in [2.75, 3.05) is 27.3 Å². The van der Waals surface area contributed by atoms with Crippen LogP contribution in [0.3, 0.4) is 0 Å². The van der Waals surface area contributed by atoms with Gasteiger partial charge in [0.15, 0.2) is 0 Å². The Morgan fingerprint density at radius 1 is 0.953 bits per heavy atom. The highest BCUT2D eigenvalue weighted by Gasteiger charge is 2.40. The zero-order valence-corrected chi connectivity index (χ0v) is 26.2. The molecule has 1 unspecified atom stereocenters. The number of piperazine rings is 1. The van der Waals surface area contributed by atoms with E-state index in [4.69, 9.17) is 9.47 Å². The summed E-state index contributed by atoms with van der Waals surface area (Å²) in [6.07, 6.45) is 3.98. The molecule has 3 atom stereocenters. The van der Waals surface area contributed by atoms with Gasteiger partial charge in [-0.1, -0.05) is 29.8 Å². The zero-order valence-electron chi connectivity index (χ0n) is 25.4. The number of carbonyl (C=O) groups is 1. The molecule has 0 amide bonds. The zero-order chi connectivity index (χ0) is 30.5. The molecule has 43 heavy (non-hydrogen) atoms. The van der Waals surface area contributed by atoms with E-state index in [0.29, 0.717) is 29.7 Å². The highest BCUT2D eigenvalue weighted by atomic mass is 32.2. The van der Waals surface area contributed by atoms with Gasteiger partial charge >= 0.3 is 5.97 Å². The number of rotatable bonds is 7. The van der Waals surface area contributed by atoms with E-state index in [1.54, 1.807) is 25.4 Å². The first-order chi connectivity index (χ1) is 20.6. The van der Waals surface area contributed by atoms with E-state index < -0.39 is 10.0 Å². The molecule has 1 aromatic heterocycles. The molecule has 3 heterocycles. The minimum absolute atomic E-state index is 0.0860. The quantitative estimate of drug-likeness (QED) is 0.252. The number of hydrogen-bond donors (Lipinski definition) is 0. The summed E-state index contributed by atoms with van der Waals surface area (Å²) in [5.41, 5.74) is 5.14. The van der Waals surface area contributed by atoms with E-state index in [0.717, 1.165) is 52.9 Å². The lowest BCUT2D eigenvalue weighted by molar-refractivity contribution is 0.0285. The molecule has 8 nitrogen and oxygen atoms in total. The molecule has 4 aromatic rings. The van der Waals surface area contributed by atoms with E-state index >= 15 is 0 Å². The lowest BCUT2D eigenvalue weighted by atomic mass is 9.96. The number of fused-ring (bicyclic) bond motifs is 2. The molecule has 0 radical (unpaired) electrons. The first-order valence-corrected chi connectivity index (χ1v) is 16.2. The van der Waals surface area contributed by atoms with Crippen LogP contribution < -0.4 is 4.74 Å². The fraction of sp³-hybridized carbons (Fsp3) is 0.382. The van der Waals surface area contributed by atoms with E-state index in [1.807, 2.05) is 62.4 Å². The average molecular weight is 602 g/mol. The molecule has 6 rings (SSSR count). The van der Waals surface area contributed by atoms with E-state index in [9.17, 15) is 13.2 Å². The summed E-state index contributed by atoms with van der Waals surface area (Å²) < 4.78 is 39.8. The third kappa shape index (κ3) is 5.24. The Balaban J connectivity index is 1.42. The number of ether oxygens (including phenoxy) is 2. The van der Waals surface area contributed by atoms with Crippen molar-refractivity contribution in [3.63, 3.8) is 0 Å². The van der Waals surface area contributed by atoms with Gasteiger partial charge in [-0.15, -0.1) is 0 Å². The minimum atomic E-state index is -3.80. The molecular formula is C34H39N3O5S. The largest absolute Gasteiger partial charge is 0.496 e. The molecule has 9 heteroatoms. The summed E-state index contributed by atoms with van der Waals surface area (Å²) in [5, 5.41) is 0.870. The second-order valence-electron chi connectivity index (χ2n) is 11.9. The molecule has 2 aliphatic heterocycles. The molecule has 3 aromatic carbocycles. The van der Waals surface area contributed by atoms with Gasteiger partial charge in [-0.05, 0) is 81.1 Å². The number of carbonyl (C=O) groups excluding carboxylic acids is 1. The van der Waals surface area contributed by atoms with Gasteiger partial charge in [0.1, 0.15) is 5.75 Å². The number of esters is 1. The monoisotopic (exact) mass is 601 g/mol. The van der Waals surface area contributed by atoms with Gasteiger partial charge in [0.25, 0.3) is 10.0 Å². The predicted molar refractivity (Wildman–Crippen MR) is 167 cm³/mol. The van der Waals surface area contributed by atoms with Gasteiger partial charge in [-0.2, -0.15) is 0 Å². The van der Waals surface area contributed by atoms with Crippen molar-refractivity contribution in [2.24, 2.45) is 0 Å². The molecule has 0 aliphatic carbocycles. The smallest absolute Gasteiger partial charge is 0.337 e. The van der Waals surface area contributed by atoms with Crippen LogP contribution >= 0.6 is 0 Å². The third-order valence-corrected chi connectivity index (χ3v) is 11.0. The van der Waals surface area contributed by atoms with Gasteiger partial charge < -0.3 is 9.47 Å². The van der Waals surface area contributed by atoms with Crippen molar-refractivity contribution in [3.05, 3.63) is 94.7 Å². The average Bonchev–Trinajstić information content (AvgIpc) is 3.63. The van der Waals surface area contributed by atoms with Gasteiger partial charge in [0, 0.05) is 54.9 Å². The topological polar surface area (TPSA) is 81.1 Å². The Kier molecular flexibility index (Phi) is 7.83. The summed E-state index contributed by atoms with van der Waals surface area (Å²) in [4.78, 5) is 17.5. The SMILES string of the molecule is COC(=O)c1ccc(C2CN3[C@@H](CC[C@H]3C)CN2Cc2c(OC)cc(C)c3c2ccn3S(=O)(=O)c2ccc(C)cc2)cc1. The van der Waals surface area contributed by atoms with Gasteiger partial charge in [-0.25, -0.2) is 17.2 Å². The van der Waals surface area contributed by atoms with Crippen LogP contribution in [0, 0.1) is 13.8 Å². The van der Waals surface area contributed by atoms with Crippen LogP contribution in [0.15, 0.2) is 71.8 Å². The maximum atomic E-state index is 13.8. The van der Waals surface area contributed by atoms with Crippen LogP contribution in [0.4, 0.5) is 0 Å². The fourth-order valence-corrected chi connectivity index (χ4v) is 8.33. The first kappa shape index (κ1) is 29.4. The Hall–Kier alpha value is -3.66. The minimum Gasteiger partial charge on any atom is -0.496 e. The molecule has 2 saturated heterocycles. The second kappa shape index (κ2) is 11.4. The standard InChI is InChI=1S/C34H39N3O5S/c1-22-6-14-28(15-7-22)43(39,40)37-17-16-29-30(32(41-4)18-23(2)33(29)37)20-35-19-27-13-8-24(3)36(27)21-31(35)25-9-11-26(12-10-25)34(38)42-5/h6-7,9-12,14-18,24,27,31H,8,13,19-21H2,1-5H3/t24-,27+,31?/m1/s1. The van der Waals surface area contributed by atoms with Crippen molar-refractivity contribution in [1.82, 2.24) is 13.8 Å². The predicted octanol–water partition coefficient (Wildman–Crippen LogP) is 5.70. The normalized spacial score (nSPS) is 21.2. The molecular weight excluding hydrogens is 562 g/mol. The van der Waals surface area contributed by atoms with Crippen LogP contribution in [0.5, 0.6) is 5.75 Å². The maximum absolute atomic E-state index is 13.8. The molecule has 2 aliphatic rings. The third-order valence-electron chi connectivity index (χ3n) is 9.29. The highest BCUT2D eigenvalue weighted by molar-refractivity contribution is 7.90. The van der Waals surface area contributed by atoms with E-state index in [-0.39, 0.29) is 16.9 Å². The Labute approximate surface area is 253 Å². The van der Waals surface area contributed by atoms with Gasteiger partial charge in [0.2, 0.25) is 0 Å². The number of aromatic nitrogens is 1. The molecule has 0 saturated carbocycles. The number of nitrogens with zero attached hydrogens (tertiary/aromatic N) is 3. The Morgan fingerprint density at radius 3 is 2.35 bits per heavy atom. The Morgan fingerprint density at radius 2 is 1.67 bits per heavy atom. The number of hydrogen-bond acceptors (Lipinski definition) is 7. The molecule has 0 bridgehead atoms. The summed E-state index contributed by atoms with van der Waals surface area (Å²) in [6.45, 7) is 8.53. The number of methoxy groups -OCH3 is 2. The van der Waals surface area contributed by atoms with Crippen LogP contribution in [0.25, 0.3) is 10.9 Å². The van der Waals surface area contributed by atoms with Crippen LogP contribution in [0.1, 0.15) is 58.4 Å². The maximum Gasteiger partial charge on any atom is 0.337 e. The number of benzene rings is 3. The van der Waals surface area contributed by atoms with E-state index in [1.165, 1.54) is 17.5 Å². The van der Waals surface area contributed by atoms with Crippen LogP contribution in [-0.4, -0.2) is 67.6 Å². The lowest BCUT2D eigenvalue weighted by Gasteiger charge is -2.45. The molecule has 226 valence electrons. The summed E-state index contributed by atoms with van der Waals surface area (Å²) >= 11 is 0. The highest BCUT2D eigenvalue weighted by Crippen LogP contribution is 2.40. The summed E-state index contributed by atoms with van der Waals surface area (Å²) in [6, 6.07) is 19.6. The van der Waals surface area contributed by atoms with Crippen molar-refractivity contribution in [3.8, 4) is 5.75 Å². The summed E-state index contributed by atoms with van der Waals surface area (Å²) in [7, 11) is -0.736. The van der Waals surface area contributed by atoms with Gasteiger partial charge in [-0.3, -0.25) is 9.80 Å². The second-order valence-corrected chi connectivity index (χ2v) is 13.7.